The van der Waals surface area contributed by atoms with Crippen LogP contribution in [0.3, 0.4) is 0 Å². The highest BCUT2D eigenvalue weighted by molar-refractivity contribution is 6.40. The molecule has 0 radical (unpaired) electrons. The Morgan fingerprint density at radius 1 is 0.935 bits per heavy atom. The number of fused-ring (bicyclic) bond motifs is 1. The zero-order valence-corrected chi connectivity index (χ0v) is 19.7. The van der Waals surface area contributed by atoms with Crippen LogP contribution in [0.25, 0.3) is 0 Å². The van der Waals surface area contributed by atoms with Crippen LogP contribution in [0.4, 0.5) is 17.1 Å². The molecule has 0 bridgehead atoms. The lowest BCUT2D eigenvalue weighted by atomic mass is 9.95. The zero-order valence-electron chi connectivity index (χ0n) is 18.2. The lowest BCUT2D eigenvalue weighted by Gasteiger charge is -2.09. The molecule has 2 unspecified atom stereocenters. The molecular formula is C23H29Cl2N3O3. The highest BCUT2D eigenvalue weighted by Crippen LogP contribution is 2.27. The minimum absolute atomic E-state index is 0.0256. The number of rotatable bonds is 4. The Morgan fingerprint density at radius 3 is 1.90 bits per heavy atom. The topological polar surface area (TPSA) is 115 Å². The van der Waals surface area contributed by atoms with Crippen molar-refractivity contribution in [3.63, 3.8) is 0 Å². The van der Waals surface area contributed by atoms with Gasteiger partial charge in [-0.1, -0.05) is 32.0 Å². The first-order valence-corrected chi connectivity index (χ1v) is 10.8. The first-order valence-electron chi connectivity index (χ1n) is 9.72. The third kappa shape index (κ3) is 7.89. The van der Waals surface area contributed by atoms with Crippen LogP contribution in [-0.2, 0) is 20.8 Å². The largest absolute Gasteiger partial charge is 0.397 e. The second-order valence-electron chi connectivity index (χ2n) is 7.30. The molecule has 1 amide bonds. The van der Waals surface area contributed by atoms with Crippen LogP contribution in [0.5, 0.6) is 0 Å². The smallest absolute Gasteiger partial charge is 0.228 e. The summed E-state index contributed by atoms with van der Waals surface area (Å²) in [5, 5.41) is 2.96. The van der Waals surface area contributed by atoms with Gasteiger partial charge in [-0.3, -0.25) is 14.4 Å². The SMILES string of the molecule is CC(=O)C(C)c1ccc(N)c(N)c1.CC(=O)C(C)c1ccc2c(c1)CC(=O)N2.ClCCl. The van der Waals surface area contributed by atoms with Gasteiger partial charge in [0.05, 0.1) is 23.1 Å². The summed E-state index contributed by atoms with van der Waals surface area (Å²) >= 11 is 9.53. The van der Waals surface area contributed by atoms with Crippen molar-refractivity contribution in [3.05, 3.63) is 53.1 Å². The molecule has 0 saturated heterocycles. The summed E-state index contributed by atoms with van der Waals surface area (Å²) in [5.41, 5.74) is 16.0. The molecule has 0 spiro atoms. The monoisotopic (exact) mass is 465 g/mol. The van der Waals surface area contributed by atoms with E-state index in [4.69, 9.17) is 34.7 Å². The summed E-state index contributed by atoms with van der Waals surface area (Å²) in [7, 11) is 0. The van der Waals surface area contributed by atoms with E-state index in [-0.39, 0.29) is 34.6 Å². The van der Waals surface area contributed by atoms with Crippen LogP contribution >= 0.6 is 23.2 Å². The molecule has 168 valence electrons. The van der Waals surface area contributed by atoms with Crippen molar-refractivity contribution in [2.75, 3.05) is 22.1 Å². The minimum Gasteiger partial charge on any atom is -0.397 e. The van der Waals surface area contributed by atoms with Crippen molar-refractivity contribution < 1.29 is 14.4 Å². The van der Waals surface area contributed by atoms with Crippen LogP contribution in [-0.4, -0.2) is 22.8 Å². The first kappa shape index (κ1) is 26.5. The number of anilines is 3. The number of carbonyl (C=O) groups excluding carboxylic acids is 3. The van der Waals surface area contributed by atoms with Crippen molar-refractivity contribution >= 4 is 57.7 Å². The van der Waals surface area contributed by atoms with E-state index in [0.717, 1.165) is 22.4 Å². The van der Waals surface area contributed by atoms with Crippen molar-refractivity contribution in [1.82, 2.24) is 0 Å². The first-order chi connectivity index (χ1) is 14.5. The van der Waals surface area contributed by atoms with E-state index in [1.165, 1.54) is 0 Å². The Morgan fingerprint density at radius 2 is 1.42 bits per heavy atom. The number of hydrogen-bond acceptors (Lipinski definition) is 5. The molecule has 31 heavy (non-hydrogen) atoms. The molecule has 0 saturated carbocycles. The second-order valence-corrected chi connectivity index (χ2v) is 8.10. The lowest BCUT2D eigenvalue weighted by Crippen LogP contribution is -2.05. The average Bonchev–Trinajstić information content (AvgIpc) is 3.09. The molecule has 0 aliphatic carbocycles. The van der Waals surface area contributed by atoms with Gasteiger partial charge in [0.15, 0.2) is 0 Å². The summed E-state index contributed by atoms with van der Waals surface area (Å²) in [6, 6.07) is 11.0. The van der Waals surface area contributed by atoms with Gasteiger partial charge in [0.2, 0.25) is 5.91 Å². The predicted molar refractivity (Wildman–Crippen MR) is 129 cm³/mol. The van der Waals surface area contributed by atoms with Crippen LogP contribution < -0.4 is 16.8 Å². The molecule has 5 N–H and O–H groups in total. The highest BCUT2D eigenvalue weighted by atomic mass is 35.5. The van der Waals surface area contributed by atoms with Gasteiger partial charge in [-0.05, 0) is 48.7 Å². The van der Waals surface area contributed by atoms with Crippen LogP contribution in [0.2, 0.25) is 0 Å². The quantitative estimate of drug-likeness (QED) is 0.441. The van der Waals surface area contributed by atoms with Crippen LogP contribution in [0.1, 0.15) is 56.2 Å². The van der Waals surface area contributed by atoms with Crippen molar-refractivity contribution in [2.24, 2.45) is 0 Å². The maximum absolute atomic E-state index is 11.2. The number of carbonyl (C=O) groups is 3. The maximum Gasteiger partial charge on any atom is 0.228 e. The minimum atomic E-state index is -0.108. The Kier molecular flexibility index (Phi) is 10.5. The molecule has 2 atom stereocenters. The van der Waals surface area contributed by atoms with Crippen molar-refractivity contribution in [3.8, 4) is 0 Å². The Balaban J connectivity index is 0.000000278. The third-order valence-corrected chi connectivity index (χ3v) is 5.08. The third-order valence-electron chi connectivity index (χ3n) is 5.08. The number of nitrogens with two attached hydrogens (primary N) is 2. The van der Waals surface area contributed by atoms with Gasteiger partial charge in [-0.15, -0.1) is 23.2 Å². The molecule has 1 heterocycles. The molecule has 2 aromatic rings. The standard InChI is InChI=1S/C12H13NO2.C10H14N2O.CH2Cl2/c1-7(8(2)14)9-3-4-11-10(5-9)6-12(15)13-11;1-6(7(2)13)8-3-4-9(11)10(12)5-8;2-1-3/h3-5,7H,6H2,1-2H3,(H,13,15);3-6H,11-12H2,1-2H3;1H2. The lowest BCUT2D eigenvalue weighted by molar-refractivity contribution is -0.118. The summed E-state index contributed by atoms with van der Waals surface area (Å²) in [5.74, 6) is 0.0999. The highest BCUT2D eigenvalue weighted by Gasteiger charge is 2.19. The summed E-state index contributed by atoms with van der Waals surface area (Å²) in [6.07, 6.45) is 0.424. The summed E-state index contributed by atoms with van der Waals surface area (Å²) in [6.45, 7) is 6.89. The molecule has 8 heteroatoms. The maximum atomic E-state index is 11.2. The fourth-order valence-electron chi connectivity index (χ4n) is 2.85. The van der Waals surface area contributed by atoms with Gasteiger partial charge in [-0.25, -0.2) is 0 Å². The van der Waals surface area contributed by atoms with Gasteiger partial charge in [0.25, 0.3) is 0 Å². The van der Waals surface area contributed by atoms with Gasteiger partial charge >= 0.3 is 0 Å². The number of alkyl halides is 2. The summed E-state index contributed by atoms with van der Waals surface area (Å²) in [4.78, 5) is 33.4. The molecule has 2 aromatic carbocycles. The number of hydrogen-bond donors (Lipinski definition) is 3. The number of nitrogen functional groups attached to an aromatic ring is 2. The van der Waals surface area contributed by atoms with Crippen molar-refractivity contribution in [2.45, 2.75) is 46.0 Å². The van der Waals surface area contributed by atoms with Gasteiger partial charge in [-0.2, -0.15) is 0 Å². The van der Waals surface area contributed by atoms with E-state index in [0.29, 0.717) is 17.8 Å². The Labute approximate surface area is 193 Å². The molecule has 1 aliphatic heterocycles. The number of halogens is 2. The molecule has 3 rings (SSSR count). The van der Waals surface area contributed by atoms with Gasteiger partial charge in [0.1, 0.15) is 11.6 Å². The number of nitrogens with one attached hydrogen (secondary N) is 1. The van der Waals surface area contributed by atoms with E-state index >= 15 is 0 Å². The molecule has 0 fully saturated rings. The van der Waals surface area contributed by atoms with Gasteiger partial charge in [0, 0.05) is 17.5 Å². The normalized spacial score (nSPS) is 13.4. The molecule has 6 nitrogen and oxygen atoms in total. The van der Waals surface area contributed by atoms with E-state index in [2.05, 4.69) is 5.32 Å². The zero-order chi connectivity index (χ0) is 23.7. The van der Waals surface area contributed by atoms with Crippen molar-refractivity contribution in [1.29, 1.82) is 0 Å². The second kappa shape index (κ2) is 12.3. The number of amides is 1. The number of benzene rings is 2. The fraction of sp³-hybridized carbons (Fsp3) is 0.348. The Hall–Kier alpha value is -2.57. The van der Waals surface area contributed by atoms with E-state index in [9.17, 15) is 14.4 Å². The summed E-state index contributed by atoms with van der Waals surface area (Å²) < 4.78 is 0. The number of ketones is 2. The van der Waals surface area contributed by atoms with E-state index in [1.54, 1.807) is 26.0 Å². The average molecular weight is 466 g/mol. The van der Waals surface area contributed by atoms with Gasteiger partial charge < -0.3 is 16.8 Å². The van der Waals surface area contributed by atoms with Crippen LogP contribution in [0, 0.1) is 0 Å². The number of Topliss-reactive ketones (excluding diaryl/α,β-unsaturated/α-hetero) is 2. The van der Waals surface area contributed by atoms with E-state index < -0.39 is 0 Å². The predicted octanol–water partition coefficient (Wildman–Crippen LogP) is 4.84. The Bertz CT molecular complexity index is 948. The fourth-order valence-corrected chi connectivity index (χ4v) is 2.85. The molecule has 1 aliphatic rings. The molecule has 0 aromatic heterocycles. The van der Waals surface area contributed by atoms with E-state index in [1.807, 2.05) is 38.1 Å². The molecular weight excluding hydrogens is 437 g/mol. The van der Waals surface area contributed by atoms with Crippen LogP contribution in [0.15, 0.2) is 36.4 Å².